The molecule has 2 heterocycles. The van der Waals surface area contributed by atoms with Crippen molar-refractivity contribution in [3.05, 3.63) is 0 Å². The predicted molar refractivity (Wildman–Crippen MR) is 85.2 cm³/mol. The van der Waals surface area contributed by atoms with Crippen molar-refractivity contribution in [3.8, 4) is 0 Å². The van der Waals surface area contributed by atoms with Crippen molar-refractivity contribution in [1.82, 2.24) is 9.80 Å². The van der Waals surface area contributed by atoms with E-state index >= 15 is 0 Å². The minimum absolute atomic E-state index is 0.211. The minimum atomic E-state index is -0.211. The third-order valence-corrected chi connectivity index (χ3v) is 4.00. The first-order valence-corrected chi connectivity index (χ1v) is 8.65. The molecule has 2 aliphatic rings. The molecule has 2 saturated heterocycles. The lowest BCUT2D eigenvalue weighted by atomic mass is 10.2. The number of rotatable bonds is 11. The maximum Gasteiger partial charge on any atom is 0.305 e. The molecule has 0 saturated carbocycles. The lowest BCUT2D eigenvalue weighted by Gasteiger charge is -2.13. The minimum Gasteiger partial charge on any atom is -0.464 e. The standard InChI is InChI=1S/C16H28N2O6/c19-15(23-11-7-17-5-9-21-13-17)3-1-2-4-16(20)24-12-8-18-6-10-22-14-18/h1-14H2. The van der Waals surface area contributed by atoms with Crippen LogP contribution in [0.25, 0.3) is 0 Å². The van der Waals surface area contributed by atoms with E-state index in [2.05, 4.69) is 9.80 Å². The molecule has 24 heavy (non-hydrogen) atoms. The van der Waals surface area contributed by atoms with E-state index in [-0.39, 0.29) is 11.9 Å². The summed E-state index contributed by atoms with van der Waals surface area (Å²) in [5.74, 6) is -0.421. The average molecular weight is 344 g/mol. The van der Waals surface area contributed by atoms with Gasteiger partial charge in [-0.2, -0.15) is 0 Å². The van der Waals surface area contributed by atoms with Crippen LogP contribution in [0.2, 0.25) is 0 Å². The molecule has 138 valence electrons. The number of esters is 2. The summed E-state index contributed by atoms with van der Waals surface area (Å²) in [6.07, 6.45) is 1.96. The van der Waals surface area contributed by atoms with Crippen molar-refractivity contribution in [3.63, 3.8) is 0 Å². The lowest BCUT2D eigenvalue weighted by Crippen LogP contribution is -2.25. The second-order valence-corrected chi connectivity index (χ2v) is 5.96. The second kappa shape index (κ2) is 11.4. The van der Waals surface area contributed by atoms with Gasteiger partial charge in [-0.3, -0.25) is 19.4 Å². The summed E-state index contributed by atoms with van der Waals surface area (Å²) in [6.45, 7) is 6.71. The van der Waals surface area contributed by atoms with Crippen LogP contribution in [0.5, 0.6) is 0 Å². The average Bonchev–Trinajstić information content (AvgIpc) is 3.25. The Hall–Kier alpha value is -1.22. The number of hydrogen-bond donors (Lipinski definition) is 0. The highest BCUT2D eigenvalue weighted by Crippen LogP contribution is 2.04. The van der Waals surface area contributed by atoms with E-state index in [0.29, 0.717) is 65.4 Å². The van der Waals surface area contributed by atoms with E-state index < -0.39 is 0 Å². The molecule has 8 heteroatoms. The first-order chi connectivity index (χ1) is 11.7. The third-order valence-electron chi connectivity index (χ3n) is 4.00. The Morgan fingerprint density at radius 2 is 1.25 bits per heavy atom. The number of carbonyl (C=O) groups excluding carboxylic acids is 2. The van der Waals surface area contributed by atoms with Crippen molar-refractivity contribution >= 4 is 11.9 Å². The monoisotopic (exact) mass is 344 g/mol. The largest absolute Gasteiger partial charge is 0.464 e. The molecule has 8 nitrogen and oxygen atoms in total. The molecule has 0 amide bonds. The quantitative estimate of drug-likeness (QED) is 0.389. The Kier molecular flexibility index (Phi) is 9.04. The Morgan fingerprint density at radius 1 is 0.792 bits per heavy atom. The van der Waals surface area contributed by atoms with Gasteiger partial charge in [0, 0.05) is 39.0 Å². The molecule has 0 aliphatic carbocycles. The van der Waals surface area contributed by atoms with Crippen LogP contribution in [-0.4, -0.2) is 87.8 Å². The molecule has 2 rings (SSSR count). The summed E-state index contributed by atoms with van der Waals surface area (Å²) in [4.78, 5) is 27.3. The third kappa shape index (κ3) is 8.05. The fourth-order valence-corrected chi connectivity index (χ4v) is 2.52. The van der Waals surface area contributed by atoms with Crippen LogP contribution < -0.4 is 0 Å². The van der Waals surface area contributed by atoms with Gasteiger partial charge in [0.25, 0.3) is 0 Å². The maximum absolute atomic E-state index is 11.6. The number of hydrogen-bond acceptors (Lipinski definition) is 8. The van der Waals surface area contributed by atoms with Crippen LogP contribution in [-0.2, 0) is 28.5 Å². The first-order valence-electron chi connectivity index (χ1n) is 8.65. The highest BCUT2D eigenvalue weighted by Gasteiger charge is 2.13. The topological polar surface area (TPSA) is 77.5 Å². The van der Waals surface area contributed by atoms with Gasteiger partial charge in [0.15, 0.2) is 0 Å². The van der Waals surface area contributed by atoms with Gasteiger partial charge in [-0.05, 0) is 12.8 Å². The SMILES string of the molecule is O=C(CCCCC(=O)OCCN1CCOC1)OCCN1CCOC1. The summed E-state index contributed by atoms with van der Waals surface area (Å²) >= 11 is 0. The van der Waals surface area contributed by atoms with Crippen LogP contribution in [0.4, 0.5) is 0 Å². The highest BCUT2D eigenvalue weighted by molar-refractivity contribution is 5.70. The molecular formula is C16H28N2O6. The fourth-order valence-electron chi connectivity index (χ4n) is 2.52. The molecule has 0 bridgehead atoms. The van der Waals surface area contributed by atoms with Gasteiger partial charge in [-0.15, -0.1) is 0 Å². The molecule has 0 atom stereocenters. The van der Waals surface area contributed by atoms with Crippen LogP contribution in [0, 0.1) is 0 Å². The van der Waals surface area contributed by atoms with E-state index in [1.165, 1.54) is 0 Å². The van der Waals surface area contributed by atoms with Gasteiger partial charge in [-0.25, -0.2) is 0 Å². The highest BCUT2D eigenvalue weighted by atomic mass is 16.5. The molecule has 0 aromatic rings. The Morgan fingerprint density at radius 3 is 1.62 bits per heavy atom. The summed E-state index contributed by atoms with van der Waals surface area (Å²) in [6, 6.07) is 0. The first kappa shape index (κ1) is 19.1. The summed E-state index contributed by atoms with van der Waals surface area (Å²) in [5.41, 5.74) is 0. The van der Waals surface area contributed by atoms with Gasteiger partial charge in [0.1, 0.15) is 13.2 Å². The fraction of sp³-hybridized carbons (Fsp3) is 0.875. The molecule has 2 fully saturated rings. The van der Waals surface area contributed by atoms with Gasteiger partial charge in [0.05, 0.1) is 26.7 Å². The smallest absolute Gasteiger partial charge is 0.305 e. The van der Waals surface area contributed by atoms with Gasteiger partial charge < -0.3 is 18.9 Å². The Labute approximate surface area is 142 Å². The summed E-state index contributed by atoms with van der Waals surface area (Å²) < 4.78 is 20.7. The zero-order valence-corrected chi connectivity index (χ0v) is 14.2. The van der Waals surface area contributed by atoms with Crippen molar-refractivity contribution in [1.29, 1.82) is 0 Å². The molecule has 2 aliphatic heterocycles. The zero-order valence-electron chi connectivity index (χ0n) is 14.2. The van der Waals surface area contributed by atoms with E-state index in [9.17, 15) is 9.59 Å². The van der Waals surface area contributed by atoms with Gasteiger partial charge >= 0.3 is 11.9 Å². The van der Waals surface area contributed by atoms with E-state index in [1.807, 2.05) is 0 Å². The normalized spacial score (nSPS) is 18.8. The molecular weight excluding hydrogens is 316 g/mol. The van der Waals surface area contributed by atoms with Crippen LogP contribution in [0.1, 0.15) is 25.7 Å². The Bertz CT molecular complexity index is 345. The van der Waals surface area contributed by atoms with Crippen molar-refractivity contribution < 1.29 is 28.5 Å². The van der Waals surface area contributed by atoms with Crippen molar-refractivity contribution in [2.45, 2.75) is 25.7 Å². The van der Waals surface area contributed by atoms with E-state index in [0.717, 1.165) is 26.3 Å². The molecule has 0 N–H and O–H groups in total. The zero-order chi connectivity index (χ0) is 17.0. The van der Waals surface area contributed by atoms with Crippen molar-refractivity contribution in [2.24, 2.45) is 0 Å². The molecule has 0 spiro atoms. The van der Waals surface area contributed by atoms with Crippen LogP contribution >= 0.6 is 0 Å². The van der Waals surface area contributed by atoms with Gasteiger partial charge in [-0.1, -0.05) is 0 Å². The molecule has 0 unspecified atom stereocenters. The van der Waals surface area contributed by atoms with E-state index in [1.54, 1.807) is 0 Å². The molecule has 0 radical (unpaired) electrons. The van der Waals surface area contributed by atoms with Gasteiger partial charge in [0.2, 0.25) is 0 Å². The van der Waals surface area contributed by atoms with Crippen LogP contribution in [0.3, 0.4) is 0 Å². The molecule has 0 aromatic heterocycles. The Balaban J connectivity index is 1.37. The molecule has 0 aromatic carbocycles. The number of carbonyl (C=O) groups is 2. The van der Waals surface area contributed by atoms with E-state index in [4.69, 9.17) is 18.9 Å². The maximum atomic E-state index is 11.6. The second-order valence-electron chi connectivity index (χ2n) is 5.96. The number of unbranched alkanes of at least 4 members (excludes halogenated alkanes) is 1. The lowest BCUT2D eigenvalue weighted by molar-refractivity contribution is -0.146. The number of nitrogens with zero attached hydrogens (tertiary/aromatic N) is 2. The predicted octanol–water partition coefficient (Wildman–Crippen LogP) is 0.213. The van der Waals surface area contributed by atoms with Crippen molar-refractivity contribution in [2.75, 3.05) is 66.1 Å². The van der Waals surface area contributed by atoms with Crippen LogP contribution in [0.15, 0.2) is 0 Å². The summed E-state index contributed by atoms with van der Waals surface area (Å²) in [7, 11) is 0. The number of ether oxygens (including phenoxy) is 4. The summed E-state index contributed by atoms with van der Waals surface area (Å²) in [5, 5.41) is 0.